The number of rotatable bonds is 2. The minimum atomic E-state index is -1.18. The highest BCUT2D eigenvalue weighted by Gasteiger charge is 2.60. The van der Waals surface area contributed by atoms with Crippen LogP contribution in [0.5, 0.6) is 5.75 Å². The molecule has 138 valence electrons. The molecule has 2 aliphatic rings. The molecule has 0 aliphatic carbocycles. The Hall–Kier alpha value is -2.98. The van der Waals surface area contributed by atoms with E-state index >= 15 is 0 Å². The first kappa shape index (κ1) is 17.1. The lowest BCUT2D eigenvalue weighted by Gasteiger charge is -2.41. The van der Waals surface area contributed by atoms with E-state index in [-0.39, 0.29) is 11.7 Å². The van der Waals surface area contributed by atoms with E-state index in [4.69, 9.17) is 16.3 Å². The van der Waals surface area contributed by atoms with Crippen LogP contribution >= 0.6 is 11.6 Å². The van der Waals surface area contributed by atoms with Crippen LogP contribution in [-0.2, 0) is 0 Å². The fourth-order valence-corrected chi connectivity index (χ4v) is 4.51. The van der Waals surface area contributed by atoms with E-state index in [1.54, 1.807) is 6.07 Å². The molecule has 0 saturated carbocycles. The van der Waals surface area contributed by atoms with Gasteiger partial charge in [0.15, 0.2) is 11.6 Å². The van der Waals surface area contributed by atoms with Gasteiger partial charge in [-0.05, 0) is 29.3 Å². The molecule has 3 aromatic rings. The maximum Gasteiger partial charge on any atom is 0.200 e. The van der Waals surface area contributed by atoms with Gasteiger partial charge in [-0.2, -0.15) is 10.2 Å². The molecule has 0 radical (unpaired) electrons. The lowest BCUT2D eigenvalue weighted by molar-refractivity contribution is 0.0522. The average molecular weight is 389 g/mol. The molecule has 1 spiro atoms. The SMILES string of the molecule is O=C1c2ccccc2O[C@@H](c2ccccc2)[C@@]12N=NC[C@H]2c1ccccc1Cl. The summed E-state index contributed by atoms with van der Waals surface area (Å²) in [6.07, 6.45) is -0.580. The third kappa shape index (κ3) is 2.41. The number of carbonyl (C=O) groups is 1. The lowest BCUT2D eigenvalue weighted by atomic mass is 9.69. The molecule has 0 bridgehead atoms. The molecule has 0 amide bonds. The van der Waals surface area contributed by atoms with E-state index in [1.165, 1.54) is 0 Å². The van der Waals surface area contributed by atoms with Crippen LogP contribution in [0.2, 0.25) is 5.02 Å². The predicted molar refractivity (Wildman–Crippen MR) is 107 cm³/mol. The largest absolute Gasteiger partial charge is 0.482 e. The summed E-state index contributed by atoms with van der Waals surface area (Å²) < 4.78 is 6.40. The smallest absolute Gasteiger partial charge is 0.200 e. The van der Waals surface area contributed by atoms with E-state index in [0.717, 1.165) is 11.1 Å². The summed E-state index contributed by atoms with van der Waals surface area (Å²) in [6.45, 7) is 0.393. The van der Waals surface area contributed by atoms with Crippen molar-refractivity contribution in [3.05, 3.63) is 101 Å². The van der Waals surface area contributed by atoms with Crippen molar-refractivity contribution >= 4 is 17.4 Å². The second-order valence-corrected chi connectivity index (χ2v) is 7.46. The zero-order valence-electron chi connectivity index (χ0n) is 15.0. The summed E-state index contributed by atoms with van der Waals surface area (Å²) in [4.78, 5) is 13.8. The first-order valence-corrected chi connectivity index (χ1v) is 9.58. The fourth-order valence-electron chi connectivity index (χ4n) is 4.24. The maximum atomic E-state index is 13.8. The minimum Gasteiger partial charge on any atom is -0.482 e. The molecule has 0 N–H and O–H groups in total. The second kappa shape index (κ2) is 6.57. The summed E-state index contributed by atoms with van der Waals surface area (Å²) in [5.74, 6) is 0.202. The standard InChI is InChI=1S/C23H17ClN2O2/c24-19-12-6-4-10-16(19)18-14-25-26-23(18)21(27)17-11-5-7-13-20(17)28-22(23)15-8-2-1-3-9-15/h1-13,18,22H,14H2/t18-,22-,23-/m0/s1. The van der Waals surface area contributed by atoms with Gasteiger partial charge >= 0.3 is 0 Å². The number of ketones is 1. The Bertz CT molecular complexity index is 1080. The highest BCUT2D eigenvalue weighted by atomic mass is 35.5. The fraction of sp³-hybridized carbons (Fsp3) is 0.174. The van der Waals surface area contributed by atoms with Crippen LogP contribution in [-0.4, -0.2) is 17.9 Å². The van der Waals surface area contributed by atoms with E-state index in [1.807, 2.05) is 72.8 Å². The molecule has 3 aromatic carbocycles. The Kier molecular flexibility index (Phi) is 4.02. The molecule has 0 unspecified atom stereocenters. The zero-order chi connectivity index (χ0) is 19.1. The Labute approximate surface area is 167 Å². The van der Waals surface area contributed by atoms with Gasteiger partial charge < -0.3 is 4.74 Å². The number of azo groups is 1. The molecule has 0 fully saturated rings. The predicted octanol–water partition coefficient (Wildman–Crippen LogP) is 5.64. The zero-order valence-corrected chi connectivity index (χ0v) is 15.7. The number of ether oxygens (including phenoxy) is 1. The number of hydrogen-bond acceptors (Lipinski definition) is 4. The Morgan fingerprint density at radius 1 is 0.929 bits per heavy atom. The monoisotopic (exact) mass is 388 g/mol. The van der Waals surface area contributed by atoms with Crippen LogP contribution in [0, 0.1) is 0 Å². The van der Waals surface area contributed by atoms with E-state index in [9.17, 15) is 4.79 Å². The molecule has 0 saturated heterocycles. The van der Waals surface area contributed by atoms with Crippen LogP contribution in [0.25, 0.3) is 0 Å². The van der Waals surface area contributed by atoms with Crippen molar-refractivity contribution in [1.82, 2.24) is 0 Å². The topological polar surface area (TPSA) is 51.0 Å². The summed E-state index contributed by atoms with van der Waals surface area (Å²) in [7, 11) is 0. The van der Waals surface area contributed by atoms with Gasteiger partial charge in [0.2, 0.25) is 5.78 Å². The van der Waals surface area contributed by atoms with Gasteiger partial charge in [0, 0.05) is 10.9 Å². The van der Waals surface area contributed by atoms with Gasteiger partial charge in [-0.1, -0.05) is 72.3 Å². The molecule has 5 heteroatoms. The average Bonchev–Trinajstić information content (AvgIpc) is 3.17. The number of carbonyl (C=O) groups excluding carboxylic acids is 1. The highest BCUT2D eigenvalue weighted by Crippen LogP contribution is 2.53. The molecule has 3 atom stereocenters. The number of hydrogen-bond donors (Lipinski definition) is 0. The van der Waals surface area contributed by atoms with Crippen molar-refractivity contribution in [3.63, 3.8) is 0 Å². The minimum absolute atomic E-state index is 0.0747. The second-order valence-electron chi connectivity index (χ2n) is 7.06. The lowest BCUT2D eigenvalue weighted by Crippen LogP contribution is -2.51. The van der Waals surface area contributed by atoms with Crippen LogP contribution in [0.3, 0.4) is 0 Å². The van der Waals surface area contributed by atoms with Gasteiger partial charge in [-0.25, -0.2) is 0 Å². The van der Waals surface area contributed by atoms with E-state index < -0.39 is 11.6 Å². The summed E-state index contributed by atoms with van der Waals surface area (Å²) in [5.41, 5.74) is 1.11. The molecule has 28 heavy (non-hydrogen) atoms. The Morgan fingerprint density at radius 2 is 1.64 bits per heavy atom. The van der Waals surface area contributed by atoms with Crippen molar-refractivity contribution in [2.45, 2.75) is 17.6 Å². The molecule has 2 heterocycles. The van der Waals surface area contributed by atoms with Crippen LogP contribution in [0.1, 0.15) is 33.5 Å². The Morgan fingerprint density at radius 3 is 2.46 bits per heavy atom. The van der Waals surface area contributed by atoms with Crippen LogP contribution in [0.4, 0.5) is 0 Å². The van der Waals surface area contributed by atoms with Crippen molar-refractivity contribution in [3.8, 4) is 5.75 Å². The summed E-state index contributed by atoms with van der Waals surface area (Å²) in [5, 5.41) is 9.49. The van der Waals surface area contributed by atoms with Gasteiger partial charge in [0.05, 0.1) is 12.1 Å². The number of halogens is 1. The first-order chi connectivity index (χ1) is 13.7. The number of benzene rings is 3. The van der Waals surface area contributed by atoms with Crippen LogP contribution in [0.15, 0.2) is 89.1 Å². The van der Waals surface area contributed by atoms with E-state index in [2.05, 4.69) is 10.2 Å². The molecule has 0 aromatic heterocycles. The van der Waals surface area contributed by atoms with Gasteiger partial charge in [0.1, 0.15) is 5.75 Å². The molecular formula is C23H17ClN2O2. The third-order valence-corrected chi connectivity index (χ3v) is 5.90. The van der Waals surface area contributed by atoms with Crippen molar-refractivity contribution in [2.24, 2.45) is 10.2 Å². The molecule has 4 nitrogen and oxygen atoms in total. The van der Waals surface area contributed by atoms with Crippen molar-refractivity contribution in [1.29, 1.82) is 0 Å². The summed E-state index contributed by atoms with van der Waals surface area (Å²) >= 11 is 6.51. The van der Waals surface area contributed by atoms with Crippen molar-refractivity contribution in [2.75, 3.05) is 6.54 Å². The molecular weight excluding hydrogens is 372 g/mol. The highest BCUT2D eigenvalue weighted by molar-refractivity contribution is 6.31. The van der Waals surface area contributed by atoms with Crippen molar-refractivity contribution < 1.29 is 9.53 Å². The van der Waals surface area contributed by atoms with Gasteiger partial charge in [0.25, 0.3) is 0 Å². The van der Waals surface area contributed by atoms with Gasteiger partial charge in [-0.15, -0.1) is 0 Å². The third-order valence-electron chi connectivity index (χ3n) is 5.55. The first-order valence-electron chi connectivity index (χ1n) is 9.20. The number of Topliss-reactive ketones (excluding diaryl/α,β-unsaturated/α-hetero) is 1. The number of fused-ring (bicyclic) bond motifs is 1. The van der Waals surface area contributed by atoms with Gasteiger partial charge in [-0.3, -0.25) is 4.79 Å². The molecule has 5 rings (SSSR count). The van der Waals surface area contributed by atoms with Crippen LogP contribution < -0.4 is 4.74 Å². The number of nitrogens with zero attached hydrogens (tertiary/aromatic N) is 2. The maximum absolute atomic E-state index is 13.8. The number of para-hydroxylation sites is 1. The van der Waals surface area contributed by atoms with E-state index in [0.29, 0.717) is 22.9 Å². The normalized spacial score (nSPS) is 25.5. The quantitative estimate of drug-likeness (QED) is 0.570. The Balaban J connectivity index is 1.75. The molecule has 2 aliphatic heterocycles. The summed E-state index contributed by atoms with van der Waals surface area (Å²) in [6, 6.07) is 24.7.